The van der Waals surface area contributed by atoms with Gasteiger partial charge in [0.05, 0.1) is 25.2 Å². The molecule has 0 aliphatic carbocycles. The molecule has 0 spiro atoms. The summed E-state index contributed by atoms with van der Waals surface area (Å²) in [5.74, 6) is -0.400. The molecule has 5 heteroatoms. The summed E-state index contributed by atoms with van der Waals surface area (Å²) in [4.78, 5) is 10.9. The first-order valence-corrected chi connectivity index (χ1v) is 5.32. The van der Waals surface area contributed by atoms with Crippen LogP contribution in [0.15, 0.2) is 0 Å². The number of hydrogen-bond acceptors (Lipinski definition) is 5. The smallest absolute Gasteiger partial charge is 0.308 e. The van der Waals surface area contributed by atoms with Gasteiger partial charge in [0, 0.05) is 13.1 Å². The van der Waals surface area contributed by atoms with Crippen LogP contribution in [0.3, 0.4) is 0 Å². The molecule has 5 nitrogen and oxygen atoms in total. The molecule has 0 fully saturated rings. The second kappa shape index (κ2) is 8.64. The standard InChI is InChI=1S/C10H21NO4/c1-3-8(12)6-11-7-9(13)5-10(14)15-4-2/h8-9,11-13H,3-7H2,1-2H3. The second-order valence-corrected chi connectivity index (χ2v) is 3.38. The predicted octanol–water partition coefficient (Wildman–Crippen LogP) is -0.339. The molecule has 0 amide bonds. The number of rotatable bonds is 8. The first kappa shape index (κ1) is 14.3. The van der Waals surface area contributed by atoms with Gasteiger partial charge in [-0.2, -0.15) is 0 Å². The van der Waals surface area contributed by atoms with Crippen molar-refractivity contribution in [3.05, 3.63) is 0 Å². The number of carbonyl (C=O) groups is 1. The van der Waals surface area contributed by atoms with Crippen molar-refractivity contribution in [3.63, 3.8) is 0 Å². The quantitative estimate of drug-likeness (QED) is 0.487. The molecule has 0 aromatic heterocycles. The Balaban J connectivity index is 3.48. The van der Waals surface area contributed by atoms with E-state index >= 15 is 0 Å². The van der Waals surface area contributed by atoms with Gasteiger partial charge in [0.25, 0.3) is 0 Å². The fourth-order valence-electron chi connectivity index (χ4n) is 1.05. The lowest BCUT2D eigenvalue weighted by Crippen LogP contribution is -2.34. The number of aliphatic hydroxyl groups is 2. The lowest BCUT2D eigenvalue weighted by Gasteiger charge is -2.13. The van der Waals surface area contributed by atoms with Gasteiger partial charge in [-0.05, 0) is 13.3 Å². The molecule has 0 rings (SSSR count). The van der Waals surface area contributed by atoms with Gasteiger partial charge in [-0.25, -0.2) is 0 Å². The van der Waals surface area contributed by atoms with Crippen LogP contribution < -0.4 is 5.32 Å². The number of carbonyl (C=O) groups excluding carboxylic acids is 1. The molecule has 0 heterocycles. The molecule has 0 aromatic carbocycles. The van der Waals surface area contributed by atoms with E-state index in [1.807, 2.05) is 6.92 Å². The zero-order chi connectivity index (χ0) is 11.7. The third-order valence-corrected chi connectivity index (χ3v) is 1.94. The van der Waals surface area contributed by atoms with E-state index in [4.69, 9.17) is 0 Å². The van der Waals surface area contributed by atoms with Crippen LogP contribution in [0.25, 0.3) is 0 Å². The summed E-state index contributed by atoms with van der Waals surface area (Å²) in [6.45, 7) is 4.64. The van der Waals surface area contributed by atoms with Crippen LogP contribution >= 0.6 is 0 Å². The third-order valence-electron chi connectivity index (χ3n) is 1.94. The fraction of sp³-hybridized carbons (Fsp3) is 0.900. The zero-order valence-corrected chi connectivity index (χ0v) is 9.40. The average molecular weight is 219 g/mol. The van der Waals surface area contributed by atoms with Crippen molar-refractivity contribution < 1.29 is 19.7 Å². The number of nitrogens with one attached hydrogen (secondary N) is 1. The Morgan fingerprint density at radius 1 is 1.27 bits per heavy atom. The van der Waals surface area contributed by atoms with E-state index in [2.05, 4.69) is 10.1 Å². The summed E-state index contributed by atoms with van der Waals surface area (Å²) < 4.78 is 4.69. The number of aliphatic hydroxyl groups excluding tert-OH is 2. The lowest BCUT2D eigenvalue weighted by molar-refractivity contribution is -0.145. The Kier molecular flexibility index (Phi) is 8.27. The third kappa shape index (κ3) is 8.35. The zero-order valence-electron chi connectivity index (χ0n) is 9.40. The molecular formula is C10H21NO4. The molecule has 0 aliphatic heterocycles. The maximum atomic E-state index is 10.9. The fourth-order valence-corrected chi connectivity index (χ4v) is 1.05. The van der Waals surface area contributed by atoms with Gasteiger partial charge in [-0.3, -0.25) is 4.79 Å². The van der Waals surface area contributed by atoms with Crippen molar-refractivity contribution >= 4 is 5.97 Å². The van der Waals surface area contributed by atoms with Crippen LogP contribution in [0.1, 0.15) is 26.7 Å². The van der Waals surface area contributed by atoms with Crippen molar-refractivity contribution in [1.82, 2.24) is 5.32 Å². The van der Waals surface area contributed by atoms with Crippen LogP contribution in [0, 0.1) is 0 Å². The van der Waals surface area contributed by atoms with E-state index in [9.17, 15) is 15.0 Å². The van der Waals surface area contributed by atoms with E-state index in [1.165, 1.54) is 0 Å². The van der Waals surface area contributed by atoms with Crippen molar-refractivity contribution in [3.8, 4) is 0 Å². The molecule has 2 atom stereocenters. The van der Waals surface area contributed by atoms with Gasteiger partial charge in [-0.1, -0.05) is 6.92 Å². The Labute approximate surface area is 90.4 Å². The van der Waals surface area contributed by atoms with Gasteiger partial charge in [0.15, 0.2) is 0 Å². The summed E-state index contributed by atoms with van der Waals surface area (Å²) >= 11 is 0. The van der Waals surface area contributed by atoms with Gasteiger partial charge in [0.2, 0.25) is 0 Å². The number of esters is 1. The molecule has 0 saturated heterocycles. The summed E-state index contributed by atoms with van der Waals surface area (Å²) in [7, 11) is 0. The second-order valence-electron chi connectivity index (χ2n) is 3.38. The summed E-state index contributed by atoms with van der Waals surface area (Å²) in [6, 6.07) is 0. The van der Waals surface area contributed by atoms with E-state index in [0.717, 1.165) is 0 Å². The molecular weight excluding hydrogens is 198 g/mol. The normalized spacial score (nSPS) is 14.7. The molecule has 0 aliphatic rings. The average Bonchev–Trinajstić information content (AvgIpc) is 2.17. The first-order valence-electron chi connectivity index (χ1n) is 5.32. The Morgan fingerprint density at radius 2 is 1.87 bits per heavy atom. The minimum atomic E-state index is -0.756. The maximum Gasteiger partial charge on any atom is 0.308 e. The topological polar surface area (TPSA) is 78.8 Å². The van der Waals surface area contributed by atoms with Crippen molar-refractivity contribution in [2.45, 2.75) is 38.9 Å². The molecule has 0 radical (unpaired) electrons. The van der Waals surface area contributed by atoms with E-state index in [-0.39, 0.29) is 13.0 Å². The van der Waals surface area contributed by atoms with Gasteiger partial charge >= 0.3 is 5.97 Å². The summed E-state index contributed by atoms with van der Waals surface area (Å²) in [6.07, 6.45) is -0.503. The summed E-state index contributed by atoms with van der Waals surface area (Å²) in [5, 5.41) is 21.5. The van der Waals surface area contributed by atoms with Gasteiger partial charge in [0.1, 0.15) is 0 Å². The maximum absolute atomic E-state index is 10.9. The molecule has 0 saturated carbocycles. The molecule has 2 unspecified atom stereocenters. The molecule has 0 aromatic rings. The minimum absolute atomic E-state index is 0.0109. The Hall–Kier alpha value is -0.650. The highest BCUT2D eigenvalue weighted by molar-refractivity contribution is 5.69. The highest BCUT2D eigenvalue weighted by Gasteiger charge is 2.11. The SMILES string of the molecule is CCOC(=O)CC(O)CNCC(O)CC. The van der Waals surface area contributed by atoms with E-state index < -0.39 is 18.2 Å². The molecule has 90 valence electrons. The van der Waals surface area contributed by atoms with Crippen LogP contribution in [-0.4, -0.2) is 48.1 Å². The van der Waals surface area contributed by atoms with Crippen LogP contribution in [0.5, 0.6) is 0 Å². The highest BCUT2D eigenvalue weighted by atomic mass is 16.5. The monoisotopic (exact) mass is 219 g/mol. The van der Waals surface area contributed by atoms with E-state index in [0.29, 0.717) is 19.6 Å². The van der Waals surface area contributed by atoms with Crippen LogP contribution in [-0.2, 0) is 9.53 Å². The first-order chi connectivity index (χ1) is 7.10. The molecule has 15 heavy (non-hydrogen) atoms. The van der Waals surface area contributed by atoms with Crippen molar-refractivity contribution in [2.24, 2.45) is 0 Å². The lowest BCUT2D eigenvalue weighted by atomic mass is 10.2. The van der Waals surface area contributed by atoms with Gasteiger partial charge < -0.3 is 20.3 Å². The largest absolute Gasteiger partial charge is 0.466 e. The van der Waals surface area contributed by atoms with E-state index in [1.54, 1.807) is 6.92 Å². The number of ether oxygens (including phenoxy) is 1. The molecule has 3 N–H and O–H groups in total. The Bertz CT molecular complexity index is 175. The Morgan fingerprint density at radius 3 is 2.40 bits per heavy atom. The van der Waals surface area contributed by atoms with Crippen molar-refractivity contribution in [2.75, 3.05) is 19.7 Å². The van der Waals surface area contributed by atoms with Gasteiger partial charge in [-0.15, -0.1) is 0 Å². The summed E-state index contributed by atoms with van der Waals surface area (Å²) in [5.41, 5.74) is 0. The highest BCUT2D eigenvalue weighted by Crippen LogP contribution is 1.94. The van der Waals surface area contributed by atoms with Crippen LogP contribution in [0.2, 0.25) is 0 Å². The van der Waals surface area contributed by atoms with Crippen LogP contribution in [0.4, 0.5) is 0 Å². The predicted molar refractivity (Wildman–Crippen MR) is 56.4 cm³/mol. The minimum Gasteiger partial charge on any atom is -0.466 e. The number of hydrogen-bond donors (Lipinski definition) is 3. The van der Waals surface area contributed by atoms with Crippen molar-refractivity contribution in [1.29, 1.82) is 0 Å². The molecule has 0 bridgehead atoms.